The SMILES string of the molecule is COC1(C(=O)Cc2ncnn2C)CCCCCC1. The van der Waals surface area contributed by atoms with Crippen molar-refractivity contribution in [2.75, 3.05) is 7.11 Å². The van der Waals surface area contributed by atoms with Crippen molar-refractivity contribution in [3.8, 4) is 0 Å². The quantitative estimate of drug-likeness (QED) is 0.764. The number of carbonyl (C=O) groups is 1. The lowest BCUT2D eigenvalue weighted by molar-refractivity contribution is -0.142. The molecule has 5 heteroatoms. The molecule has 0 aromatic carbocycles. The van der Waals surface area contributed by atoms with Crippen LogP contribution in [0.2, 0.25) is 0 Å². The molecular weight excluding hydrogens is 230 g/mol. The van der Waals surface area contributed by atoms with Gasteiger partial charge in [-0.25, -0.2) is 4.98 Å². The second-order valence-electron chi connectivity index (χ2n) is 5.01. The Bertz CT molecular complexity index is 406. The van der Waals surface area contributed by atoms with Crippen LogP contribution >= 0.6 is 0 Å². The van der Waals surface area contributed by atoms with Crippen molar-refractivity contribution in [3.63, 3.8) is 0 Å². The average Bonchev–Trinajstić information content (AvgIpc) is 2.66. The lowest BCUT2D eigenvalue weighted by Crippen LogP contribution is -2.41. The summed E-state index contributed by atoms with van der Waals surface area (Å²) >= 11 is 0. The maximum absolute atomic E-state index is 12.5. The first-order chi connectivity index (χ1) is 8.68. The van der Waals surface area contributed by atoms with Gasteiger partial charge in [0.25, 0.3) is 0 Å². The number of methoxy groups -OCH3 is 1. The van der Waals surface area contributed by atoms with Crippen LogP contribution in [0.1, 0.15) is 44.3 Å². The molecule has 0 spiro atoms. The lowest BCUT2D eigenvalue weighted by Gasteiger charge is -2.29. The van der Waals surface area contributed by atoms with Crippen molar-refractivity contribution >= 4 is 5.78 Å². The Morgan fingerprint density at radius 2 is 2.06 bits per heavy atom. The van der Waals surface area contributed by atoms with Gasteiger partial charge in [-0.05, 0) is 12.8 Å². The maximum Gasteiger partial charge on any atom is 0.172 e. The highest BCUT2D eigenvalue weighted by Gasteiger charge is 2.38. The Hall–Kier alpha value is -1.23. The molecule has 0 bridgehead atoms. The largest absolute Gasteiger partial charge is 0.370 e. The highest BCUT2D eigenvalue weighted by Crippen LogP contribution is 2.31. The van der Waals surface area contributed by atoms with E-state index in [4.69, 9.17) is 4.74 Å². The van der Waals surface area contributed by atoms with E-state index in [2.05, 4.69) is 10.1 Å². The second-order valence-corrected chi connectivity index (χ2v) is 5.01. The third-order valence-electron chi connectivity index (χ3n) is 3.93. The van der Waals surface area contributed by atoms with E-state index in [1.165, 1.54) is 19.2 Å². The number of aryl methyl sites for hydroxylation is 1. The molecule has 0 unspecified atom stereocenters. The zero-order chi connectivity index (χ0) is 13.0. The molecule has 1 aliphatic carbocycles. The van der Waals surface area contributed by atoms with Crippen molar-refractivity contribution in [1.29, 1.82) is 0 Å². The van der Waals surface area contributed by atoms with Crippen molar-refractivity contribution < 1.29 is 9.53 Å². The fourth-order valence-electron chi connectivity index (χ4n) is 2.68. The number of carbonyl (C=O) groups excluding carboxylic acids is 1. The molecule has 5 nitrogen and oxygen atoms in total. The predicted octanol–water partition coefficient (Wildman–Crippen LogP) is 1.67. The van der Waals surface area contributed by atoms with Gasteiger partial charge < -0.3 is 4.74 Å². The molecule has 1 saturated carbocycles. The van der Waals surface area contributed by atoms with Crippen molar-refractivity contribution in [3.05, 3.63) is 12.2 Å². The highest BCUT2D eigenvalue weighted by atomic mass is 16.5. The van der Waals surface area contributed by atoms with E-state index in [9.17, 15) is 4.79 Å². The molecule has 0 aliphatic heterocycles. The monoisotopic (exact) mass is 251 g/mol. The molecule has 0 atom stereocenters. The Kier molecular flexibility index (Phi) is 4.11. The summed E-state index contributed by atoms with van der Waals surface area (Å²) in [6, 6.07) is 0. The first-order valence-corrected chi connectivity index (χ1v) is 6.59. The minimum absolute atomic E-state index is 0.142. The minimum atomic E-state index is -0.595. The molecule has 1 aromatic rings. The summed E-state index contributed by atoms with van der Waals surface area (Å²) in [5.41, 5.74) is -0.595. The number of ketones is 1. The molecule has 0 amide bonds. The van der Waals surface area contributed by atoms with Crippen molar-refractivity contribution in [2.45, 2.75) is 50.5 Å². The fraction of sp³-hybridized carbons (Fsp3) is 0.769. The summed E-state index contributed by atoms with van der Waals surface area (Å²) in [4.78, 5) is 16.6. The number of ether oxygens (including phenoxy) is 1. The van der Waals surface area contributed by atoms with Crippen LogP contribution in [-0.4, -0.2) is 33.3 Å². The van der Waals surface area contributed by atoms with E-state index in [1.54, 1.807) is 11.8 Å². The third kappa shape index (κ3) is 2.61. The summed E-state index contributed by atoms with van der Waals surface area (Å²) in [5.74, 6) is 0.851. The van der Waals surface area contributed by atoms with Gasteiger partial charge in [0, 0.05) is 14.2 Å². The van der Waals surface area contributed by atoms with Gasteiger partial charge in [0.2, 0.25) is 0 Å². The summed E-state index contributed by atoms with van der Waals surface area (Å²) in [6.45, 7) is 0. The number of aromatic nitrogens is 3. The predicted molar refractivity (Wildman–Crippen MR) is 67.2 cm³/mol. The number of nitrogens with zero attached hydrogens (tertiary/aromatic N) is 3. The van der Waals surface area contributed by atoms with Crippen LogP contribution in [0.5, 0.6) is 0 Å². The standard InChI is InChI=1S/C13H21N3O2/c1-16-12(14-10-15-16)9-11(17)13(18-2)7-5-3-4-6-8-13/h10H,3-9H2,1-2H3. The Morgan fingerprint density at radius 3 is 2.56 bits per heavy atom. The van der Waals surface area contributed by atoms with E-state index in [0.29, 0.717) is 12.2 Å². The van der Waals surface area contributed by atoms with E-state index in [0.717, 1.165) is 25.7 Å². The molecule has 1 aromatic heterocycles. The zero-order valence-corrected chi connectivity index (χ0v) is 11.2. The van der Waals surface area contributed by atoms with Gasteiger partial charge in [-0.3, -0.25) is 9.48 Å². The van der Waals surface area contributed by atoms with E-state index in [1.807, 2.05) is 7.05 Å². The van der Waals surface area contributed by atoms with Gasteiger partial charge in [-0.15, -0.1) is 0 Å². The first kappa shape index (κ1) is 13.2. The van der Waals surface area contributed by atoms with Gasteiger partial charge in [-0.2, -0.15) is 5.10 Å². The number of rotatable bonds is 4. The van der Waals surface area contributed by atoms with Crippen LogP contribution in [-0.2, 0) is 23.0 Å². The summed E-state index contributed by atoms with van der Waals surface area (Å²) in [5, 5.41) is 3.99. The van der Waals surface area contributed by atoms with Crippen LogP contribution in [0.15, 0.2) is 6.33 Å². The van der Waals surface area contributed by atoms with Crippen LogP contribution in [0.25, 0.3) is 0 Å². The van der Waals surface area contributed by atoms with Crippen molar-refractivity contribution in [1.82, 2.24) is 14.8 Å². The molecule has 0 radical (unpaired) electrons. The van der Waals surface area contributed by atoms with Crippen LogP contribution in [0, 0.1) is 0 Å². The second kappa shape index (κ2) is 5.61. The number of hydrogen-bond acceptors (Lipinski definition) is 4. The van der Waals surface area contributed by atoms with Crippen LogP contribution in [0.3, 0.4) is 0 Å². The van der Waals surface area contributed by atoms with Gasteiger partial charge in [0.1, 0.15) is 17.8 Å². The highest BCUT2D eigenvalue weighted by molar-refractivity contribution is 5.88. The molecule has 0 saturated heterocycles. The van der Waals surface area contributed by atoms with Gasteiger partial charge in [0.15, 0.2) is 5.78 Å². The van der Waals surface area contributed by atoms with E-state index in [-0.39, 0.29) is 5.78 Å². The van der Waals surface area contributed by atoms with Crippen LogP contribution < -0.4 is 0 Å². The smallest absolute Gasteiger partial charge is 0.172 e. The summed E-state index contributed by atoms with van der Waals surface area (Å²) in [7, 11) is 3.46. The fourth-order valence-corrected chi connectivity index (χ4v) is 2.68. The minimum Gasteiger partial charge on any atom is -0.370 e. The third-order valence-corrected chi connectivity index (χ3v) is 3.93. The number of Topliss-reactive ketones (excluding diaryl/α,β-unsaturated/α-hetero) is 1. The number of hydrogen-bond donors (Lipinski definition) is 0. The lowest BCUT2D eigenvalue weighted by atomic mass is 9.87. The van der Waals surface area contributed by atoms with Gasteiger partial charge in [-0.1, -0.05) is 25.7 Å². The van der Waals surface area contributed by atoms with Crippen LogP contribution in [0.4, 0.5) is 0 Å². The molecule has 100 valence electrons. The average molecular weight is 251 g/mol. The van der Waals surface area contributed by atoms with E-state index >= 15 is 0 Å². The zero-order valence-electron chi connectivity index (χ0n) is 11.2. The Labute approximate surface area is 108 Å². The van der Waals surface area contributed by atoms with E-state index < -0.39 is 5.60 Å². The van der Waals surface area contributed by atoms with Gasteiger partial charge in [0.05, 0.1) is 6.42 Å². The Morgan fingerprint density at radius 1 is 1.39 bits per heavy atom. The topological polar surface area (TPSA) is 57.0 Å². The molecular formula is C13H21N3O2. The summed E-state index contributed by atoms with van der Waals surface area (Å²) < 4.78 is 7.25. The van der Waals surface area contributed by atoms with Crippen molar-refractivity contribution in [2.24, 2.45) is 7.05 Å². The molecule has 1 fully saturated rings. The molecule has 1 heterocycles. The maximum atomic E-state index is 12.5. The molecule has 1 aliphatic rings. The normalized spacial score (nSPS) is 19.4. The Balaban J connectivity index is 2.11. The molecule has 0 N–H and O–H groups in total. The summed E-state index contributed by atoms with van der Waals surface area (Å²) in [6.07, 6.45) is 7.99. The first-order valence-electron chi connectivity index (χ1n) is 6.59. The van der Waals surface area contributed by atoms with Gasteiger partial charge >= 0.3 is 0 Å². The molecule has 18 heavy (non-hydrogen) atoms. The molecule has 2 rings (SSSR count).